The summed E-state index contributed by atoms with van der Waals surface area (Å²) < 4.78 is 0. The maximum Gasteiger partial charge on any atom is 0.253 e. The van der Waals surface area contributed by atoms with Crippen molar-refractivity contribution in [3.63, 3.8) is 0 Å². The van der Waals surface area contributed by atoms with Crippen LogP contribution in [0.4, 0.5) is 0 Å². The summed E-state index contributed by atoms with van der Waals surface area (Å²) in [7, 11) is 4.13. The van der Waals surface area contributed by atoms with E-state index in [-0.39, 0.29) is 5.91 Å². The van der Waals surface area contributed by atoms with Crippen molar-refractivity contribution in [3.05, 3.63) is 30.0 Å². The SMILES string of the molecule is CN(C)C1CCN(C(=O)c2ccc3cn[nH]c3c2)C1. The van der Waals surface area contributed by atoms with Gasteiger partial charge in [0.05, 0.1) is 11.7 Å². The number of rotatable bonds is 2. The van der Waals surface area contributed by atoms with Gasteiger partial charge in [-0.15, -0.1) is 0 Å². The van der Waals surface area contributed by atoms with Crippen molar-refractivity contribution in [1.29, 1.82) is 0 Å². The van der Waals surface area contributed by atoms with Crippen LogP contribution in [0.1, 0.15) is 16.8 Å². The van der Waals surface area contributed by atoms with Crippen LogP contribution in [-0.2, 0) is 0 Å². The maximum atomic E-state index is 12.5. The minimum absolute atomic E-state index is 0.112. The number of aromatic nitrogens is 2. The average Bonchev–Trinajstić information content (AvgIpc) is 3.06. The van der Waals surface area contributed by atoms with E-state index < -0.39 is 0 Å². The summed E-state index contributed by atoms with van der Waals surface area (Å²) in [5.74, 6) is 0.112. The molecule has 1 aromatic carbocycles. The highest BCUT2D eigenvalue weighted by Gasteiger charge is 2.28. The topological polar surface area (TPSA) is 52.2 Å². The Balaban J connectivity index is 1.80. The van der Waals surface area contributed by atoms with Gasteiger partial charge in [-0.25, -0.2) is 0 Å². The number of likely N-dealkylation sites (N-methyl/N-ethyl adjacent to an activating group) is 1. The second-order valence-corrected chi connectivity index (χ2v) is 5.33. The predicted molar refractivity (Wildman–Crippen MR) is 74.1 cm³/mol. The molecule has 3 rings (SSSR count). The van der Waals surface area contributed by atoms with E-state index in [0.29, 0.717) is 6.04 Å². The summed E-state index contributed by atoms with van der Waals surface area (Å²) in [5, 5.41) is 7.91. The van der Waals surface area contributed by atoms with E-state index in [0.717, 1.165) is 36.0 Å². The molecular formula is C14H18N4O. The van der Waals surface area contributed by atoms with E-state index in [9.17, 15) is 4.79 Å². The van der Waals surface area contributed by atoms with Gasteiger partial charge in [0.15, 0.2) is 0 Å². The van der Waals surface area contributed by atoms with Crippen LogP contribution in [0.15, 0.2) is 24.4 Å². The summed E-state index contributed by atoms with van der Waals surface area (Å²) in [5.41, 5.74) is 1.64. The molecule has 0 aliphatic carbocycles. The number of nitrogens with one attached hydrogen (secondary N) is 1. The lowest BCUT2D eigenvalue weighted by molar-refractivity contribution is 0.0783. The normalized spacial score (nSPS) is 19.5. The first-order valence-corrected chi connectivity index (χ1v) is 6.54. The molecule has 19 heavy (non-hydrogen) atoms. The number of carbonyl (C=O) groups is 1. The van der Waals surface area contributed by atoms with E-state index in [2.05, 4.69) is 29.2 Å². The van der Waals surface area contributed by atoms with Gasteiger partial charge in [-0.3, -0.25) is 9.89 Å². The Morgan fingerprint density at radius 1 is 1.47 bits per heavy atom. The Hall–Kier alpha value is -1.88. The number of hydrogen-bond donors (Lipinski definition) is 1. The Kier molecular flexibility index (Phi) is 2.98. The first-order chi connectivity index (χ1) is 9.15. The molecule has 5 heteroatoms. The van der Waals surface area contributed by atoms with Gasteiger partial charge in [0.25, 0.3) is 5.91 Å². The lowest BCUT2D eigenvalue weighted by atomic mass is 10.1. The first kappa shape index (κ1) is 12.2. The molecule has 1 fully saturated rings. The zero-order valence-corrected chi connectivity index (χ0v) is 11.3. The molecule has 1 atom stereocenters. The largest absolute Gasteiger partial charge is 0.337 e. The van der Waals surface area contributed by atoms with Crippen LogP contribution >= 0.6 is 0 Å². The molecule has 1 aliphatic heterocycles. The molecule has 1 saturated heterocycles. The summed E-state index contributed by atoms with van der Waals surface area (Å²) in [6.07, 6.45) is 2.81. The van der Waals surface area contributed by atoms with Crippen LogP contribution in [-0.4, -0.2) is 59.1 Å². The van der Waals surface area contributed by atoms with E-state index in [1.807, 2.05) is 23.1 Å². The number of nitrogens with zero attached hydrogens (tertiary/aromatic N) is 3. The second kappa shape index (κ2) is 4.66. The Morgan fingerprint density at radius 3 is 3.05 bits per heavy atom. The molecule has 5 nitrogen and oxygen atoms in total. The molecule has 1 amide bonds. The van der Waals surface area contributed by atoms with E-state index in [1.165, 1.54) is 0 Å². The third kappa shape index (κ3) is 2.21. The van der Waals surface area contributed by atoms with Crippen LogP contribution in [0.2, 0.25) is 0 Å². The van der Waals surface area contributed by atoms with Gasteiger partial charge < -0.3 is 9.80 Å². The quantitative estimate of drug-likeness (QED) is 0.884. The Labute approximate surface area is 112 Å². The van der Waals surface area contributed by atoms with E-state index in [1.54, 1.807) is 6.20 Å². The van der Waals surface area contributed by atoms with Crippen LogP contribution in [0.25, 0.3) is 10.9 Å². The van der Waals surface area contributed by atoms with Gasteiger partial charge in [-0.05, 0) is 32.6 Å². The zero-order chi connectivity index (χ0) is 13.4. The minimum atomic E-state index is 0.112. The zero-order valence-electron chi connectivity index (χ0n) is 11.3. The number of likely N-dealkylation sites (tertiary alicyclic amines) is 1. The molecule has 100 valence electrons. The molecule has 1 unspecified atom stereocenters. The standard InChI is InChI=1S/C14H18N4O/c1-17(2)12-5-6-18(9-12)14(19)10-3-4-11-8-15-16-13(11)7-10/h3-4,7-8,12H,5-6,9H2,1-2H3,(H,15,16). The van der Waals surface area contributed by atoms with Gasteiger partial charge >= 0.3 is 0 Å². The molecule has 1 aliphatic rings. The fourth-order valence-electron chi connectivity index (χ4n) is 2.60. The summed E-state index contributed by atoms with van der Waals surface area (Å²) >= 11 is 0. The molecule has 1 aromatic heterocycles. The van der Waals surface area contributed by atoms with Crippen LogP contribution < -0.4 is 0 Å². The highest BCUT2D eigenvalue weighted by molar-refractivity contribution is 5.97. The molecule has 0 bridgehead atoms. The van der Waals surface area contributed by atoms with Crippen LogP contribution in [0.3, 0.4) is 0 Å². The molecule has 2 aromatic rings. The van der Waals surface area contributed by atoms with E-state index >= 15 is 0 Å². The molecule has 2 heterocycles. The van der Waals surface area contributed by atoms with Crippen molar-refractivity contribution < 1.29 is 4.79 Å². The van der Waals surface area contributed by atoms with Crippen molar-refractivity contribution in [2.24, 2.45) is 0 Å². The van der Waals surface area contributed by atoms with Gasteiger partial charge in [-0.1, -0.05) is 6.07 Å². The van der Waals surface area contributed by atoms with Crippen LogP contribution in [0.5, 0.6) is 0 Å². The van der Waals surface area contributed by atoms with E-state index in [4.69, 9.17) is 0 Å². The fourth-order valence-corrected chi connectivity index (χ4v) is 2.60. The van der Waals surface area contributed by atoms with Gasteiger partial charge in [0.2, 0.25) is 0 Å². The van der Waals surface area contributed by atoms with Gasteiger partial charge in [0, 0.05) is 30.1 Å². The summed E-state index contributed by atoms with van der Waals surface area (Å²) in [4.78, 5) is 16.6. The second-order valence-electron chi connectivity index (χ2n) is 5.33. The number of aromatic amines is 1. The smallest absolute Gasteiger partial charge is 0.253 e. The fraction of sp³-hybridized carbons (Fsp3) is 0.429. The van der Waals surface area contributed by atoms with Gasteiger partial charge in [0.1, 0.15) is 0 Å². The number of benzene rings is 1. The average molecular weight is 258 g/mol. The lowest BCUT2D eigenvalue weighted by Crippen LogP contribution is -2.34. The number of H-pyrrole nitrogens is 1. The van der Waals surface area contributed by atoms with Crippen molar-refractivity contribution in [2.75, 3.05) is 27.2 Å². The number of amides is 1. The summed E-state index contributed by atoms with van der Waals surface area (Å²) in [6, 6.07) is 6.17. The Morgan fingerprint density at radius 2 is 2.32 bits per heavy atom. The number of carbonyl (C=O) groups excluding carboxylic acids is 1. The molecule has 0 spiro atoms. The third-order valence-electron chi connectivity index (χ3n) is 3.87. The van der Waals surface area contributed by atoms with Crippen molar-refractivity contribution >= 4 is 16.8 Å². The highest BCUT2D eigenvalue weighted by atomic mass is 16.2. The highest BCUT2D eigenvalue weighted by Crippen LogP contribution is 2.19. The van der Waals surface area contributed by atoms with Crippen molar-refractivity contribution in [3.8, 4) is 0 Å². The third-order valence-corrected chi connectivity index (χ3v) is 3.87. The Bertz CT molecular complexity index is 604. The maximum absolute atomic E-state index is 12.5. The van der Waals surface area contributed by atoms with Crippen LogP contribution in [0, 0.1) is 0 Å². The lowest BCUT2D eigenvalue weighted by Gasteiger charge is -2.20. The molecule has 0 radical (unpaired) electrons. The molecular weight excluding hydrogens is 240 g/mol. The predicted octanol–water partition coefficient (Wildman–Crippen LogP) is 1.34. The number of fused-ring (bicyclic) bond motifs is 1. The molecule has 1 N–H and O–H groups in total. The summed E-state index contributed by atoms with van der Waals surface area (Å²) in [6.45, 7) is 1.65. The van der Waals surface area contributed by atoms with Gasteiger partial charge in [-0.2, -0.15) is 5.10 Å². The van der Waals surface area contributed by atoms with Crippen molar-refractivity contribution in [1.82, 2.24) is 20.0 Å². The first-order valence-electron chi connectivity index (χ1n) is 6.54. The monoisotopic (exact) mass is 258 g/mol. The van der Waals surface area contributed by atoms with Crippen molar-refractivity contribution in [2.45, 2.75) is 12.5 Å². The molecule has 0 saturated carbocycles. The number of hydrogen-bond acceptors (Lipinski definition) is 3. The minimum Gasteiger partial charge on any atom is -0.337 e.